The van der Waals surface area contributed by atoms with Crippen LogP contribution in [0.5, 0.6) is 5.75 Å². The van der Waals surface area contributed by atoms with Gasteiger partial charge in [0.1, 0.15) is 5.01 Å². The van der Waals surface area contributed by atoms with E-state index < -0.39 is 5.63 Å². The minimum Gasteiger partial charge on any atom is -0.493 e. The molecule has 0 aliphatic heterocycles. The zero-order chi connectivity index (χ0) is 21.1. The van der Waals surface area contributed by atoms with E-state index >= 15 is 0 Å². The number of rotatable bonds is 6. The van der Waals surface area contributed by atoms with Crippen LogP contribution in [0, 0.1) is 0 Å². The predicted molar refractivity (Wildman–Crippen MR) is 117 cm³/mol. The molecule has 4 rings (SSSR count). The Morgan fingerprint density at radius 2 is 2.00 bits per heavy atom. The molecular formula is C23H20N2O4S. The Labute approximate surface area is 177 Å². The third-order valence-corrected chi connectivity index (χ3v) is 5.75. The summed E-state index contributed by atoms with van der Waals surface area (Å²) < 4.78 is 10.8. The zero-order valence-corrected chi connectivity index (χ0v) is 17.4. The molecule has 0 saturated heterocycles. The highest BCUT2D eigenvalue weighted by atomic mass is 32.1. The molecule has 6 nitrogen and oxygen atoms in total. The largest absolute Gasteiger partial charge is 0.493 e. The van der Waals surface area contributed by atoms with E-state index in [1.807, 2.05) is 42.6 Å². The fourth-order valence-corrected chi connectivity index (χ4v) is 4.15. The first kappa shape index (κ1) is 19.8. The van der Waals surface area contributed by atoms with Crippen molar-refractivity contribution in [1.29, 1.82) is 0 Å². The molecule has 4 aromatic rings. The lowest BCUT2D eigenvalue weighted by atomic mass is 10.1. The van der Waals surface area contributed by atoms with Crippen molar-refractivity contribution in [3.05, 3.63) is 81.0 Å². The van der Waals surface area contributed by atoms with Crippen LogP contribution in [0.3, 0.4) is 0 Å². The molecule has 1 amide bonds. The Balaban J connectivity index is 1.64. The number of aromatic nitrogens is 1. The number of thiazole rings is 1. The Bertz CT molecular complexity index is 1250. The number of nitrogens with zero attached hydrogens (tertiary/aromatic N) is 1. The summed E-state index contributed by atoms with van der Waals surface area (Å²) in [4.78, 5) is 29.7. The van der Waals surface area contributed by atoms with Crippen LogP contribution in [0.4, 0.5) is 0 Å². The first-order chi connectivity index (χ1) is 14.6. The second-order valence-corrected chi connectivity index (χ2v) is 7.59. The molecule has 1 atom stereocenters. The molecule has 0 spiro atoms. The highest BCUT2D eigenvalue weighted by Crippen LogP contribution is 2.30. The van der Waals surface area contributed by atoms with E-state index in [1.54, 1.807) is 24.3 Å². The molecule has 2 aromatic carbocycles. The van der Waals surface area contributed by atoms with Gasteiger partial charge in [0.25, 0.3) is 5.91 Å². The first-order valence-corrected chi connectivity index (χ1v) is 10.4. The lowest BCUT2D eigenvalue weighted by Crippen LogP contribution is -2.28. The second kappa shape index (κ2) is 8.51. The summed E-state index contributed by atoms with van der Waals surface area (Å²) in [5.74, 6) is 0.348. The van der Waals surface area contributed by atoms with Gasteiger partial charge in [0.2, 0.25) is 0 Å². The van der Waals surface area contributed by atoms with E-state index in [-0.39, 0.29) is 11.9 Å². The monoisotopic (exact) mass is 420 g/mol. The second-order valence-electron chi connectivity index (χ2n) is 6.70. The first-order valence-electron chi connectivity index (χ1n) is 9.53. The highest BCUT2D eigenvalue weighted by Gasteiger charge is 2.19. The maximum atomic E-state index is 12.6. The number of amides is 1. The number of para-hydroxylation sites is 1. The molecule has 152 valence electrons. The molecule has 30 heavy (non-hydrogen) atoms. The van der Waals surface area contributed by atoms with E-state index in [9.17, 15) is 9.59 Å². The number of fused-ring (bicyclic) bond motifs is 1. The van der Waals surface area contributed by atoms with Crippen LogP contribution >= 0.6 is 11.3 Å². The number of hydrogen-bond acceptors (Lipinski definition) is 6. The molecule has 0 radical (unpaired) electrons. The average Bonchev–Trinajstić information content (AvgIpc) is 3.26. The van der Waals surface area contributed by atoms with E-state index in [0.717, 1.165) is 10.4 Å². The summed E-state index contributed by atoms with van der Waals surface area (Å²) >= 11 is 1.40. The van der Waals surface area contributed by atoms with Gasteiger partial charge in [-0.25, -0.2) is 9.78 Å². The summed E-state index contributed by atoms with van der Waals surface area (Å²) in [5, 5.41) is 6.32. The minimum atomic E-state index is -0.481. The van der Waals surface area contributed by atoms with Gasteiger partial charge in [0.05, 0.1) is 24.4 Å². The van der Waals surface area contributed by atoms with Crippen LogP contribution in [0.25, 0.3) is 22.2 Å². The van der Waals surface area contributed by atoms with Crippen molar-refractivity contribution in [1.82, 2.24) is 10.3 Å². The fourth-order valence-electron chi connectivity index (χ4n) is 3.20. The van der Waals surface area contributed by atoms with Crippen molar-refractivity contribution >= 4 is 28.2 Å². The fraction of sp³-hybridized carbons (Fsp3) is 0.174. The molecule has 0 unspecified atom stereocenters. The van der Waals surface area contributed by atoms with Crippen LogP contribution in [0.2, 0.25) is 0 Å². The quantitative estimate of drug-likeness (QED) is 0.453. The van der Waals surface area contributed by atoms with Crippen molar-refractivity contribution in [3.8, 4) is 17.0 Å². The Kier molecular flexibility index (Phi) is 5.63. The van der Waals surface area contributed by atoms with E-state index in [4.69, 9.17) is 9.15 Å². The van der Waals surface area contributed by atoms with Gasteiger partial charge in [0.15, 0.2) is 11.3 Å². The zero-order valence-electron chi connectivity index (χ0n) is 16.5. The number of ether oxygens (including phenoxy) is 1. The van der Waals surface area contributed by atoms with Crippen molar-refractivity contribution in [2.24, 2.45) is 0 Å². The highest BCUT2D eigenvalue weighted by molar-refractivity contribution is 7.10. The Hall–Kier alpha value is -3.45. The lowest BCUT2D eigenvalue weighted by Gasteiger charge is -2.14. The van der Waals surface area contributed by atoms with Crippen LogP contribution in [-0.2, 0) is 0 Å². The van der Waals surface area contributed by atoms with Crippen LogP contribution in [0.1, 0.15) is 34.8 Å². The number of nitrogens with one attached hydrogen (secondary N) is 1. The molecule has 0 fully saturated rings. The number of carbonyl (C=O) groups excluding carboxylic acids is 1. The van der Waals surface area contributed by atoms with Crippen LogP contribution in [-0.4, -0.2) is 18.0 Å². The molecule has 0 saturated carbocycles. The third-order valence-electron chi connectivity index (χ3n) is 4.79. The standard InChI is InChI=1S/C23H20N2O4S/c1-3-17(24-21(26)14-8-5-4-6-9-14)22-25-18(13-30-22)16-12-15-10-7-11-19(28-2)20(15)29-23(16)27/h4-13,17H,3H2,1-2H3,(H,24,26)/t17-/m0/s1. The van der Waals surface area contributed by atoms with Crippen molar-refractivity contribution in [2.75, 3.05) is 7.11 Å². The van der Waals surface area contributed by atoms with Gasteiger partial charge >= 0.3 is 5.63 Å². The molecular weight excluding hydrogens is 400 g/mol. The van der Waals surface area contributed by atoms with Crippen molar-refractivity contribution in [2.45, 2.75) is 19.4 Å². The number of methoxy groups -OCH3 is 1. The maximum Gasteiger partial charge on any atom is 0.345 e. The van der Waals surface area contributed by atoms with Gasteiger partial charge in [-0.2, -0.15) is 0 Å². The predicted octanol–water partition coefficient (Wildman–Crippen LogP) is 4.81. The molecule has 7 heteroatoms. The van der Waals surface area contributed by atoms with Gasteiger partial charge < -0.3 is 14.5 Å². The normalized spacial score (nSPS) is 11.9. The molecule has 0 aliphatic rings. The smallest absolute Gasteiger partial charge is 0.345 e. The topological polar surface area (TPSA) is 81.4 Å². The molecule has 2 aromatic heterocycles. The summed E-state index contributed by atoms with van der Waals surface area (Å²) in [5.41, 5.74) is 1.43. The number of hydrogen-bond donors (Lipinski definition) is 1. The summed E-state index contributed by atoms with van der Waals surface area (Å²) in [7, 11) is 1.53. The van der Waals surface area contributed by atoms with Gasteiger partial charge in [-0.3, -0.25) is 4.79 Å². The number of benzene rings is 2. The summed E-state index contributed by atoms with van der Waals surface area (Å²) in [6.45, 7) is 1.98. The van der Waals surface area contributed by atoms with Crippen LogP contribution in [0.15, 0.2) is 69.2 Å². The van der Waals surface area contributed by atoms with E-state index in [0.29, 0.717) is 34.6 Å². The van der Waals surface area contributed by atoms with Crippen molar-refractivity contribution in [3.63, 3.8) is 0 Å². The van der Waals surface area contributed by atoms with Gasteiger partial charge in [-0.1, -0.05) is 37.3 Å². The van der Waals surface area contributed by atoms with Crippen molar-refractivity contribution < 1.29 is 13.9 Å². The Morgan fingerprint density at radius 1 is 1.20 bits per heavy atom. The maximum absolute atomic E-state index is 12.6. The minimum absolute atomic E-state index is 0.156. The third kappa shape index (κ3) is 3.84. The average molecular weight is 420 g/mol. The molecule has 1 N–H and O–H groups in total. The van der Waals surface area contributed by atoms with E-state index in [1.165, 1.54) is 18.4 Å². The van der Waals surface area contributed by atoms with Gasteiger partial charge in [0, 0.05) is 16.3 Å². The van der Waals surface area contributed by atoms with E-state index in [2.05, 4.69) is 10.3 Å². The van der Waals surface area contributed by atoms with Crippen LogP contribution < -0.4 is 15.7 Å². The molecule has 0 aliphatic carbocycles. The molecule has 2 heterocycles. The molecule has 0 bridgehead atoms. The van der Waals surface area contributed by atoms with Gasteiger partial charge in [-0.15, -0.1) is 11.3 Å². The number of carbonyl (C=O) groups is 1. The Morgan fingerprint density at radius 3 is 2.73 bits per heavy atom. The summed E-state index contributed by atoms with van der Waals surface area (Å²) in [6, 6.07) is 16.0. The SMILES string of the molecule is CC[C@H](NC(=O)c1ccccc1)c1nc(-c2cc3cccc(OC)c3oc2=O)cs1. The summed E-state index contributed by atoms with van der Waals surface area (Å²) in [6.07, 6.45) is 0.676. The lowest BCUT2D eigenvalue weighted by molar-refractivity contribution is 0.0935. The van der Waals surface area contributed by atoms with Gasteiger partial charge in [-0.05, 0) is 30.7 Å².